The SMILES string of the molecule is Cc1c(N(CC(=O)O)S(=O)(=O)NC(=O)OC(C)(C)C)csc1-c1cccc([N+](=O)[O-])c1. The Balaban J connectivity index is 2.46. The topological polar surface area (TPSA) is 156 Å². The van der Waals surface area contributed by atoms with E-state index < -0.39 is 39.3 Å². The molecule has 0 radical (unpaired) electrons. The Morgan fingerprint density at radius 1 is 1.32 bits per heavy atom. The van der Waals surface area contributed by atoms with Gasteiger partial charge in [0.1, 0.15) is 12.1 Å². The Bertz CT molecular complexity index is 1120. The zero-order valence-electron chi connectivity index (χ0n) is 17.1. The number of carbonyl (C=O) groups is 2. The first-order chi connectivity index (χ1) is 14.2. The van der Waals surface area contributed by atoms with Crippen LogP contribution in [0.1, 0.15) is 26.3 Å². The maximum absolute atomic E-state index is 12.8. The Kier molecular flexibility index (Phi) is 6.91. The summed E-state index contributed by atoms with van der Waals surface area (Å²) >= 11 is 1.08. The fourth-order valence-electron chi connectivity index (χ4n) is 2.58. The van der Waals surface area contributed by atoms with Crippen LogP contribution in [0.3, 0.4) is 0 Å². The van der Waals surface area contributed by atoms with Crippen molar-refractivity contribution >= 4 is 45.0 Å². The highest BCUT2D eigenvalue weighted by Crippen LogP contribution is 2.39. The molecule has 0 aliphatic rings. The quantitative estimate of drug-likeness (QED) is 0.460. The summed E-state index contributed by atoms with van der Waals surface area (Å²) in [6, 6.07) is 5.75. The van der Waals surface area contributed by atoms with E-state index in [-0.39, 0.29) is 11.4 Å². The number of ether oxygens (including phenoxy) is 1. The molecule has 2 rings (SSSR count). The molecule has 0 aliphatic heterocycles. The van der Waals surface area contributed by atoms with Crippen LogP contribution in [0, 0.1) is 17.0 Å². The number of non-ortho nitro benzene ring substituents is 1. The molecule has 0 unspecified atom stereocenters. The van der Waals surface area contributed by atoms with Crippen LogP contribution in [0.25, 0.3) is 10.4 Å². The number of nitro benzene ring substituents is 1. The van der Waals surface area contributed by atoms with Gasteiger partial charge in [-0.2, -0.15) is 8.42 Å². The molecule has 2 aromatic rings. The van der Waals surface area contributed by atoms with Crippen LogP contribution in [-0.4, -0.2) is 42.7 Å². The van der Waals surface area contributed by atoms with Gasteiger partial charge < -0.3 is 9.84 Å². The van der Waals surface area contributed by atoms with Crippen LogP contribution in [0.2, 0.25) is 0 Å². The van der Waals surface area contributed by atoms with E-state index in [0.29, 0.717) is 20.3 Å². The van der Waals surface area contributed by atoms with Crippen LogP contribution in [0.5, 0.6) is 0 Å². The summed E-state index contributed by atoms with van der Waals surface area (Å²) in [6.45, 7) is 5.23. The molecule has 168 valence electrons. The van der Waals surface area contributed by atoms with Crippen molar-refractivity contribution < 1.29 is 32.8 Å². The third kappa shape index (κ3) is 6.15. The molecule has 1 aromatic carbocycles. The Morgan fingerprint density at radius 2 is 1.97 bits per heavy atom. The van der Waals surface area contributed by atoms with Gasteiger partial charge in [-0.25, -0.2) is 13.8 Å². The summed E-state index contributed by atoms with van der Waals surface area (Å²) in [5.41, 5.74) is -0.250. The Labute approximate surface area is 182 Å². The first-order valence-electron chi connectivity index (χ1n) is 8.79. The van der Waals surface area contributed by atoms with E-state index in [1.165, 1.54) is 23.6 Å². The fraction of sp³-hybridized carbons (Fsp3) is 0.333. The van der Waals surface area contributed by atoms with Crippen molar-refractivity contribution in [2.45, 2.75) is 33.3 Å². The molecular formula is C18H21N3O8S2. The van der Waals surface area contributed by atoms with Crippen molar-refractivity contribution in [1.82, 2.24) is 4.72 Å². The van der Waals surface area contributed by atoms with Crippen molar-refractivity contribution in [2.24, 2.45) is 0 Å². The lowest BCUT2D eigenvalue weighted by Gasteiger charge is -2.24. The maximum atomic E-state index is 12.8. The third-order valence-electron chi connectivity index (χ3n) is 3.78. The van der Waals surface area contributed by atoms with E-state index in [1.807, 2.05) is 0 Å². The number of carboxylic acids is 1. The molecule has 13 heteroatoms. The van der Waals surface area contributed by atoms with Crippen LogP contribution < -0.4 is 9.03 Å². The molecule has 1 aromatic heterocycles. The number of benzene rings is 1. The molecule has 0 fully saturated rings. The minimum atomic E-state index is -4.63. The lowest BCUT2D eigenvalue weighted by Crippen LogP contribution is -2.47. The Hall–Kier alpha value is -3.19. The van der Waals surface area contributed by atoms with Gasteiger partial charge >= 0.3 is 22.3 Å². The Morgan fingerprint density at radius 3 is 2.52 bits per heavy atom. The summed E-state index contributed by atoms with van der Waals surface area (Å²) in [4.78, 5) is 34.3. The standard InChI is InChI=1S/C18H21N3O8S2/c1-11-14(10-30-16(11)12-6-5-7-13(8-12)21(25)26)20(9-15(22)23)31(27,28)19-17(24)29-18(2,3)4/h5-8,10H,9H2,1-4H3,(H,19,24)(H,22,23). The molecule has 1 amide bonds. The number of amides is 1. The number of nitrogens with zero attached hydrogens (tertiary/aromatic N) is 2. The van der Waals surface area contributed by atoms with Crippen LogP contribution in [0.4, 0.5) is 16.2 Å². The third-order valence-corrected chi connectivity index (χ3v) is 6.23. The van der Waals surface area contributed by atoms with Crippen molar-refractivity contribution in [3.8, 4) is 10.4 Å². The fourth-order valence-corrected chi connectivity index (χ4v) is 4.82. The first kappa shape index (κ1) is 24.1. The van der Waals surface area contributed by atoms with E-state index in [1.54, 1.807) is 38.5 Å². The lowest BCUT2D eigenvalue weighted by atomic mass is 10.1. The minimum Gasteiger partial charge on any atom is -0.480 e. The molecule has 0 atom stereocenters. The van der Waals surface area contributed by atoms with Gasteiger partial charge in [0.05, 0.1) is 10.6 Å². The van der Waals surface area contributed by atoms with E-state index in [2.05, 4.69) is 0 Å². The number of hydrogen-bond acceptors (Lipinski definition) is 8. The molecule has 0 saturated carbocycles. The van der Waals surface area contributed by atoms with Crippen molar-refractivity contribution in [2.75, 3.05) is 10.8 Å². The zero-order chi connectivity index (χ0) is 23.6. The van der Waals surface area contributed by atoms with E-state index in [0.717, 1.165) is 11.3 Å². The first-order valence-corrected chi connectivity index (χ1v) is 11.1. The summed E-state index contributed by atoms with van der Waals surface area (Å²) in [6.07, 6.45) is -1.25. The van der Waals surface area contributed by atoms with Crippen LogP contribution in [0.15, 0.2) is 29.6 Å². The molecule has 0 spiro atoms. The smallest absolute Gasteiger partial charge is 0.422 e. The highest BCUT2D eigenvalue weighted by Gasteiger charge is 2.31. The van der Waals surface area contributed by atoms with Crippen LogP contribution in [-0.2, 0) is 19.7 Å². The number of rotatable bonds is 7. The normalized spacial score (nSPS) is 11.6. The number of nitro groups is 1. The van der Waals surface area contributed by atoms with Gasteiger partial charge in [0, 0.05) is 22.4 Å². The van der Waals surface area contributed by atoms with Gasteiger partial charge in [-0.3, -0.25) is 14.9 Å². The monoisotopic (exact) mass is 471 g/mol. The van der Waals surface area contributed by atoms with Gasteiger partial charge in [-0.15, -0.1) is 11.3 Å². The van der Waals surface area contributed by atoms with Gasteiger partial charge in [-0.1, -0.05) is 12.1 Å². The van der Waals surface area contributed by atoms with E-state index in [9.17, 15) is 33.2 Å². The van der Waals surface area contributed by atoms with E-state index in [4.69, 9.17) is 4.74 Å². The molecule has 1 heterocycles. The summed E-state index contributed by atoms with van der Waals surface area (Å²) in [5, 5.41) is 21.7. The summed E-state index contributed by atoms with van der Waals surface area (Å²) in [5.74, 6) is -1.45. The van der Waals surface area contributed by atoms with Crippen molar-refractivity contribution in [1.29, 1.82) is 0 Å². The number of hydrogen-bond donors (Lipinski definition) is 2. The molecule has 2 N–H and O–H groups in total. The average Bonchev–Trinajstić information content (AvgIpc) is 2.98. The summed E-state index contributed by atoms with van der Waals surface area (Å²) in [7, 11) is -4.63. The highest BCUT2D eigenvalue weighted by molar-refractivity contribution is 7.91. The van der Waals surface area contributed by atoms with E-state index >= 15 is 0 Å². The number of thiophene rings is 1. The van der Waals surface area contributed by atoms with Gasteiger partial charge in [0.15, 0.2) is 0 Å². The molecule has 0 aliphatic carbocycles. The molecular weight excluding hydrogens is 450 g/mol. The largest absolute Gasteiger partial charge is 0.480 e. The lowest BCUT2D eigenvalue weighted by molar-refractivity contribution is -0.384. The predicted molar refractivity (Wildman–Crippen MR) is 114 cm³/mol. The predicted octanol–water partition coefficient (Wildman–Crippen LogP) is 3.29. The van der Waals surface area contributed by atoms with Gasteiger partial charge in [-0.05, 0) is 38.8 Å². The number of carboxylic acid groups (broad SMARTS) is 1. The van der Waals surface area contributed by atoms with Gasteiger partial charge in [0.25, 0.3) is 5.69 Å². The second-order valence-electron chi connectivity index (χ2n) is 7.39. The number of aliphatic carboxylic acids is 1. The maximum Gasteiger partial charge on any atom is 0.422 e. The highest BCUT2D eigenvalue weighted by atomic mass is 32.2. The molecule has 31 heavy (non-hydrogen) atoms. The zero-order valence-corrected chi connectivity index (χ0v) is 18.7. The van der Waals surface area contributed by atoms with Gasteiger partial charge in [0.2, 0.25) is 0 Å². The molecule has 0 saturated heterocycles. The average molecular weight is 472 g/mol. The number of nitrogens with one attached hydrogen (secondary N) is 1. The number of anilines is 1. The number of carbonyl (C=O) groups excluding carboxylic acids is 1. The van der Waals surface area contributed by atoms with Crippen molar-refractivity contribution in [3.63, 3.8) is 0 Å². The molecule has 11 nitrogen and oxygen atoms in total. The van der Waals surface area contributed by atoms with Crippen molar-refractivity contribution in [3.05, 3.63) is 45.3 Å². The molecule has 0 bridgehead atoms. The van der Waals surface area contributed by atoms with Crippen LogP contribution >= 0.6 is 11.3 Å². The summed E-state index contributed by atoms with van der Waals surface area (Å²) < 4.78 is 32.7. The second kappa shape index (κ2) is 8.89. The second-order valence-corrected chi connectivity index (χ2v) is 9.87. The minimum absolute atomic E-state index is 0.0185.